The van der Waals surface area contributed by atoms with Gasteiger partial charge in [-0.15, -0.1) is 19.0 Å². The molecule has 0 aliphatic carbocycles. The molecule has 0 saturated heterocycles. The summed E-state index contributed by atoms with van der Waals surface area (Å²) >= 11 is 0. The molecule has 0 aromatic heterocycles. The molecule has 64 valence electrons. The summed E-state index contributed by atoms with van der Waals surface area (Å²) in [5.41, 5.74) is 0. The number of hydroxylamine groups is 2. The zero-order chi connectivity index (χ0) is 7.70. The van der Waals surface area contributed by atoms with Gasteiger partial charge in [0.05, 0.1) is 0 Å². The lowest BCUT2D eigenvalue weighted by Crippen LogP contribution is -2.17. The van der Waals surface area contributed by atoms with Gasteiger partial charge in [0.25, 0.3) is 0 Å². The van der Waals surface area contributed by atoms with E-state index in [0.717, 1.165) is 7.11 Å². The molecule has 0 spiro atoms. The quantitative estimate of drug-likeness (QED) is 0.488. The molecular formula is C6H16ClNO2. The lowest BCUT2D eigenvalue weighted by Gasteiger charge is -2.05. The van der Waals surface area contributed by atoms with Crippen LogP contribution in [-0.4, -0.2) is 35.6 Å². The largest absolute Gasteiger partial charge is 0.400 e. The molecule has 4 heteroatoms. The average Bonchev–Trinajstić information content (AvgIpc) is 1.93. The number of hydrogen-bond acceptors (Lipinski definition) is 3. The van der Waals surface area contributed by atoms with E-state index in [4.69, 9.17) is 10.3 Å². The van der Waals surface area contributed by atoms with Gasteiger partial charge >= 0.3 is 0 Å². The Morgan fingerprint density at radius 2 is 1.90 bits per heavy atom. The summed E-state index contributed by atoms with van der Waals surface area (Å²) in [5, 5.41) is 16.8. The van der Waals surface area contributed by atoms with Crippen LogP contribution in [0.2, 0.25) is 0 Å². The van der Waals surface area contributed by atoms with Crippen LogP contribution in [0.25, 0.3) is 0 Å². The molecule has 3 nitrogen and oxygen atoms in total. The maximum Gasteiger partial charge on any atom is 0.0416 e. The van der Waals surface area contributed by atoms with Gasteiger partial charge < -0.3 is 10.3 Å². The molecule has 0 heterocycles. The van der Waals surface area contributed by atoms with Crippen LogP contribution in [0.4, 0.5) is 0 Å². The fraction of sp³-hybridized carbons (Fsp3) is 0.667. The highest BCUT2D eigenvalue weighted by atomic mass is 35.5. The van der Waals surface area contributed by atoms with Gasteiger partial charge in [0.2, 0.25) is 0 Å². The SMILES string of the molecule is C=CCN(O)CC.CO.Cl. The van der Waals surface area contributed by atoms with Crippen LogP contribution in [0, 0.1) is 0 Å². The van der Waals surface area contributed by atoms with Crippen molar-refractivity contribution in [3.8, 4) is 0 Å². The van der Waals surface area contributed by atoms with Gasteiger partial charge in [0.1, 0.15) is 0 Å². The van der Waals surface area contributed by atoms with Crippen molar-refractivity contribution in [3.05, 3.63) is 12.7 Å². The van der Waals surface area contributed by atoms with E-state index in [-0.39, 0.29) is 12.4 Å². The molecule has 0 radical (unpaired) electrons. The number of aliphatic hydroxyl groups is 1. The van der Waals surface area contributed by atoms with E-state index in [1.807, 2.05) is 6.92 Å². The van der Waals surface area contributed by atoms with E-state index in [1.165, 1.54) is 5.06 Å². The summed E-state index contributed by atoms with van der Waals surface area (Å²) in [6, 6.07) is 0. The molecule has 0 aromatic carbocycles. The summed E-state index contributed by atoms with van der Waals surface area (Å²) in [5.74, 6) is 0. The average molecular weight is 170 g/mol. The maximum absolute atomic E-state index is 8.62. The summed E-state index contributed by atoms with van der Waals surface area (Å²) in [7, 11) is 1.00. The van der Waals surface area contributed by atoms with Crippen molar-refractivity contribution in [1.82, 2.24) is 5.06 Å². The first-order valence-corrected chi connectivity index (χ1v) is 2.80. The Hall–Kier alpha value is -0.0900. The van der Waals surface area contributed by atoms with E-state index in [1.54, 1.807) is 6.08 Å². The van der Waals surface area contributed by atoms with Crippen LogP contribution in [0.5, 0.6) is 0 Å². The number of aliphatic hydroxyl groups excluding tert-OH is 1. The molecular weight excluding hydrogens is 154 g/mol. The van der Waals surface area contributed by atoms with E-state index in [2.05, 4.69) is 6.58 Å². The Labute approximate surface area is 68.3 Å². The van der Waals surface area contributed by atoms with Crippen molar-refractivity contribution < 1.29 is 10.3 Å². The number of hydrogen-bond donors (Lipinski definition) is 2. The van der Waals surface area contributed by atoms with Crippen molar-refractivity contribution in [2.24, 2.45) is 0 Å². The molecule has 0 saturated carbocycles. The van der Waals surface area contributed by atoms with Gasteiger partial charge in [0, 0.05) is 20.2 Å². The second-order valence-electron chi connectivity index (χ2n) is 1.29. The lowest BCUT2D eigenvalue weighted by atomic mass is 10.6. The first-order valence-electron chi connectivity index (χ1n) is 2.80. The Balaban J connectivity index is -0.000000149. The summed E-state index contributed by atoms with van der Waals surface area (Å²) in [6.45, 7) is 6.54. The second-order valence-corrected chi connectivity index (χ2v) is 1.29. The molecule has 0 rings (SSSR count). The van der Waals surface area contributed by atoms with Crippen LogP contribution in [0.1, 0.15) is 6.92 Å². The zero-order valence-corrected chi connectivity index (χ0v) is 7.27. The normalized spacial score (nSPS) is 7.30. The molecule has 0 aromatic rings. The number of halogens is 1. The van der Waals surface area contributed by atoms with Crippen LogP contribution < -0.4 is 0 Å². The minimum absolute atomic E-state index is 0. The van der Waals surface area contributed by atoms with Crippen LogP contribution in [0.15, 0.2) is 12.7 Å². The van der Waals surface area contributed by atoms with Crippen molar-refractivity contribution >= 4 is 12.4 Å². The minimum atomic E-state index is 0. The van der Waals surface area contributed by atoms with Crippen molar-refractivity contribution in [2.45, 2.75) is 6.92 Å². The molecule has 0 unspecified atom stereocenters. The molecule has 0 fully saturated rings. The highest BCUT2D eigenvalue weighted by molar-refractivity contribution is 5.85. The number of rotatable bonds is 3. The standard InChI is InChI=1S/C5H11NO.CH4O.ClH/c1-3-5-6(7)4-2;1-2;/h3,7H,1,4-5H2,2H3;2H,1H3;1H. The third-order valence-corrected chi connectivity index (χ3v) is 0.705. The van der Waals surface area contributed by atoms with Gasteiger partial charge in [-0.2, -0.15) is 5.06 Å². The third kappa shape index (κ3) is 15.7. The Morgan fingerprint density at radius 1 is 1.50 bits per heavy atom. The van der Waals surface area contributed by atoms with Gasteiger partial charge in [-0.25, -0.2) is 0 Å². The van der Waals surface area contributed by atoms with Crippen LogP contribution in [-0.2, 0) is 0 Å². The molecule has 0 bridgehead atoms. The monoisotopic (exact) mass is 169 g/mol. The second kappa shape index (κ2) is 16.0. The molecule has 10 heavy (non-hydrogen) atoms. The van der Waals surface area contributed by atoms with E-state index in [9.17, 15) is 0 Å². The van der Waals surface area contributed by atoms with E-state index >= 15 is 0 Å². The Morgan fingerprint density at radius 3 is 2.00 bits per heavy atom. The first kappa shape index (κ1) is 16.5. The van der Waals surface area contributed by atoms with Gasteiger partial charge in [0.15, 0.2) is 0 Å². The highest BCUT2D eigenvalue weighted by Crippen LogP contribution is 1.76. The molecule has 0 aliphatic heterocycles. The van der Waals surface area contributed by atoms with Crippen LogP contribution in [0.3, 0.4) is 0 Å². The Kier molecular flexibility index (Phi) is 26.3. The van der Waals surface area contributed by atoms with Gasteiger partial charge in [-0.3, -0.25) is 0 Å². The first-order chi connectivity index (χ1) is 4.31. The number of nitrogens with zero attached hydrogens (tertiary/aromatic N) is 1. The Bertz CT molecular complexity index is 61.7. The van der Waals surface area contributed by atoms with Crippen molar-refractivity contribution in [3.63, 3.8) is 0 Å². The highest BCUT2D eigenvalue weighted by Gasteiger charge is 1.86. The summed E-state index contributed by atoms with van der Waals surface area (Å²) < 4.78 is 0. The van der Waals surface area contributed by atoms with E-state index < -0.39 is 0 Å². The molecule has 0 atom stereocenters. The maximum atomic E-state index is 8.62. The smallest absolute Gasteiger partial charge is 0.0416 e. The van der Waals surface area contributed by atoms with E-state index in [0.29, 0.717) is 13.1 Å². The predicted molar refractivity (Wildman–Crippen MR) is 44.6 cm³/mol. The van der Waals surface area contributed by atoms with Crippen molar-refractivity contribution in [2.75, 3.05) is 20.2 Å². The fourth-order valence-corrected chi connectivity index (χ4v) is 0.278. The van der Waals surface area contributed by atoms with Gasteiger partial charge in [-0.05, 0) is 0 Å². The molecule has 0 amide bonds. The molecule has 0 aliphatic rings. The fourth-order valence-electron chi connectivity index (χ4n) is 0.278. The van der Waals surface area contributed by atoms with Crippen LogP contribution >= 0.6 is 12.4 Å². The summed E-state index contributed by atoms with van der Waals surface area (Å²) in [6.07, 6.45) is 1.66. The van der Waals surface area contributed by atoms with Crippen molar-refractivity contribution in [1.29, 1.82) is 0 Å². The topological polar surface area (TPSA) is 43.7 Å². The summed E-state index contributed by atoms with van der Waals surface area (Å²) in [4.78, 5) is 0. The number of likely N-dealkylation sites (N-methyl/N-ethyl adjacent to an activating group) is 1. The van der Waals surface area contributed by atoms with Gasteiger partial charge in [-0.1, -0.05) is 13.0 Å². The minimum Gasteiger partial charge on any atom is -0.400 e. The molecule has 2 N–H and O–H groups in total. The lowest BCUT2D eigenvalue weighted by molar-refractivity contribution is -0.0752. The zero-order valence-electron chi connectivity index (χ0n) is 6.45. The predicted octanol–water partition coefficient (Wildman–Crippen LogP) is 0.914. The third-order valence-electron chi connectivity index (χ3n) is 0.705.